The minimum Gasteiger partial charge on any atom is -0.394 e. The van der Waals surface area contributed by atoms with Gasteiger partial charge in [0.25, 0.3) is 0 Å². The van der Waals surface area contributed by atoms with Gasteiger partial charge in [-0.05, 0) is 18.3 Å². The van der Waals surface area contributed by atoms with Crippen LogP contribution in [0, 0.1) is 9.41 Å². The van der Waals surface area contributed by atoms with Crippen molar-refractivity contribution >= 4 is 24.4 Å². The van der Waals surface area contributed by atoms with E-state index in [1.807, 2.05) is 0 Å². The number of aromatic nitrogens is 2. The topological polar surface area (TPSA) is 50.2 Å². The third kappa shape index (κ3) is 2.22. The van der Waals surface area contributed by atoms with Crippen LogP contribution in [0.25, 0.3) is 0 Å². The Morgan fingerprint density at radius 2 is 2.38 bits per heavy atom. The number of alkyl halides is 1. The monoisotopic (exact) mass is 262 g/mol. The van der Waals surface area contributed by atoms with Gasteiger partial charge in [-0.25, -0.2) is 4.39 Å². The Balaban J connectivity index is 2.31. The lowest BCUT2D eigenvalue weighted by Gasteiger charge is -2.16. The van der Waals surface area contributed by atoms with Crippen LogP contribution in [0.15, 0.2) is 12.3 Å². The number of aliphatic hydroxyl groups is 1. The molecule has 1 saturated heterocycles. The molecule has 3 atom stereocenters. The van der Waals surface area contributed by atoms with E-state index in [0.717, 1.165) is 0 Å². The predicted octanol–water partition coefficient (Wildman–Crippen LogP) is 1.89. The minimum absolute atomic E-state index is 0.179. The van der Waals surface area contributed by atoms with Gasteiger partial charge in [-0.3, -0.25) is 4.57 Å². The zero-order valence-electron chi connectivity index (χ0n) is 8.30. The molecule has 2 rings (SSSR count). The molecule has 88 valence electrons. The first kappa shape index (κ1) is 11.8. The number of H-pyrrole nitrogens is 1. The molecule has 2 heterocycles. The van der Waals surface area contributed by atoms with E-state index in [2.05, 4.69) is 4.98 Å². The fourth-order valence-electron chi connectivity index (χ4n) is 1.69. The van der Waals surface area contributed by atoms with E-state index in [9.17, 15) is 4.39 Å². The zero-order valence-corrected chi connectivity index (χ0v) is 9.93. The first-order valence-electron chi connectivity index (χ1n) is 4.83. The summed E-state index contributed by atoms with van der Waals surface area (Å²) >= 11 is 9.93. The summed E-state index contributed by atoms with van der Waals surface area (Å²) in [6.07, 6.45) is -0.647. The number of nitrogens with zero attached hydrogens (tertiary/aromatic N) is 1. The molecule has 0 unspecified atom stereocenters. The molecule has 2 N–H and O–H groups in total. The van der Waals surface area contributed by atoms with Gasteiger partial charge in [-0.2, -0.15) is 0 Å². The van der Waals surface area contributed by atoms with Gasteiger partial charge < -0.3 is 14.8 Å². The summed E-state index contributed by atoms with van der Waals surface area (Å²) in [7, 11) is 0. The molecule has 0 spiro atoms. The Morgan fingerprint density at radius 3 is 2.94 bits per heavy atom. The molecule has 1 aromatic heterocycles. The van der Waals surface area contributed by atoms with Crippen LogP contribution in [0.5, 0.6) is 0 Å². The Labute approximate surface area is 102 Å². The molecular formula is C9H11FN2O2S2. The van der Waals surface area contributed by atoms with Crippen LogP contribution in [0.1, 0.15) is 12.6 Å². The van der Waals surface area contributed by atoms with Gasteiger partial charge in [0.2, 0.25) is 0 Å². The summed E-state index contributed by atoms with van der Waals surface area (Å²) < 4.78 is 21.3. The molecule has 0 amide bonds. The molecule has 7 heteroatoms. The highest BCUT2D eigenvalue weighted by Crippen LogP contribution is 2.30. The molecule has 0 aromatic carbocycles. The van der Waals surface area contributed by atoms with Crippen molar-refractivity contribution in [3.63, 3.8) is 0 Å². The first-order valence-corrected chi connectivity index (χ1v) is 5.65. The number of rotatable bonds is 2. The zero-order chi connectivity index (χ0) is 11.7. The normalized spacial score (nSPS) is 29.5. The quantitative estimate of drug-likeness (QED) is 0.799. The number of ether oxygens (including phenoxy) is 1. The lowest BCUT2D eigenvalue weighted by atomic mass is 10.2. The van der Waals surface area contributed by atoms with Gasteiger partial charge in [0, 0.05) is 12.6 Å². The smallest absolute Gasteiger partial charge is 0.180 e. The average Bonchev–Trinajstić information content (AvgIpc) is 2.60. The van der Waals surface area contributed by atoms with Gasteiger partial charge in [0.1, 0.15) is 10.8 Å². The highest BCUT2D eigenvalue weighted by Gasteiger charge is 2.36. The predicted molar refractivity (Wildman–Crippen MR) is 61.0 cm³/mol. The summed E-state index contributed by atoms with van der Waals surface area (Å²) in [4.78, 5) is 2.75. The second-order valence-electron chi connectivity index (χ2n) is 3.60. The molecule has 16 heavy (non-hydrogen) atoms. The maximum Gasteiger partial charge on any atom is 0.180 e. The van der Waals surface area contributed by atoms with Crippen LogP contribution < -0.4 is 0 Å². The molecule has 0 saturated carbocycles. The molecule has 1 fully saturated rings. The van der Waals surface area contributed by atoms with Gasteiger partial charge in [0.15, 0.2) is 11.0 Å². The van der Waals surface area contributed by atoms with E-state index in [-0.39, 0.29) is 13.0 Å². The Bertz CT molecular complexity index is 487. The van der Waals surface area contributed by atoms with Crippen molar-refractivity contribution in [3.05, 3.63) is 21.7 Å². The summed E-state index contributed by atoms with van der Waals surface area (Å²) in [5.41, 5.74) is 0. The molecule has 0 aliphatic carbocycles. The molecule has 0 bridgehead atoms. The second kappa shape index (κ2) is 4.70. The SMILES string of the molecule is OC[C@@H]1C[C@H](F)[C@H](n2ccc(=S)[nH]c2=S)O1. The van der Waals surface area contributed by atoms with Gasteiger partial charge >= 0.3 is 0 Å². The van der Waals surface area contributed by atoms with E-state index in [0.29, 0.717) is 9.41 Å². The van der Waals surface area contributed by atoms with Crippen molar-refractivity contribution < 1.29 is 14.2 Å². The molecule has 4 nitrogen and oxygen atoms in total. The standard InChI is InChI=1S/C9H11FN2O2S2/c10-6-3-5(4-13)14-8(6)12-2-1-7(15)11-9(12)16/h1-2,5-6,8,13H,3-4H2,(H,11,15,16)/t5-,6-,8+/m0/s1. The van der Waals surface area contributed by atoms with Crippen molar-refractivity contribution in [1.29, 1.82) is 0 Å². The van der Waals surface area contributed by atoms with Crippen molar-refractivity contribution in [2.75, 3.05) is 6.61 Å². The number of halogens is 1. The second-order valence-corrected chi connectivity index (χ2v) is 4.43. The van der Waals surface area contributed by atoms with E-state index in [4.69, 9.17) is 34.3 Å². The maximum absolute atomic E-state index is 13.6. The maximum atomic E-state index is 13.6. The van der Waals surface area contributed by atoms with Crippen LogP contribution >= 0.6 is 24.4 Å². The van der Waals surface area contributed by atoms with Crippen LogP contribution in [0.3, 0.4) is 0 Å². The minimum atomic E-state index is -1.17. The summed E-state index contributed by atoms with van der Waals surface area (Å²) in [6, 6.07) is 1.62. The van der Waals surface area contributed by atoms with Gasteiger partial charge in [-0.15, -0.1) is 0 Å². The lowest BCUT2D eigenvalue weighted by molar-refractivity contribution is -0.0384. The number of nitrogens with one attached hydrogen (secondary N) is 1. The summed E-state index contributed by atoms with van der Waals surface area (Å²) in [5.74, 6) is 0. The number of hydrogen-bond donors (Lipinski definition) is 2. The fraction of sp³-hybridized carbons (Fsp3) is 0.556. The first-order chi connectivity index (χ1) is 7.61. The molecule has 1 aromatic rings. The van der Waals surface area contributed by atoms with E-state index >= 15 is 0 Å². The summed E-state index contributed by atoms with van der Waals surface area (Å²) in [6.45, 7) is -0.187. The Morgan fingerprint density at radius 1 is 1.62 bits per heavy atom. The molecule has 1 aliphatic heterocycles. The van der Waals surface area contributed by atoms with Crippen molar-refractivity contribution in [1.82, 2.24) is 9.55 Å². The van der Waals surface area contributed by atoms with Gasteiger partial charge in [-0.1, -0.05) is 12.2 Å². The van der Waals surface area contributed by atoms with Crippen LogP contribution in [-0.2, 0) is 4.74 Å². The molecule has 0 radical (unpaired) electrons. The number of aromatic amines is 1. The molecular weight excluding hydrogens is 251 g/mol. The molecule has 1 aliphatic rings. The fourth-order valence-corrected chi connectivity index (χ4v) is 2.19. The lowest BCUT2D eigenvalue weighted by Crippen LogP contribution is -2.18. The Kier molecular flexibility index (Phi) is 3.48. The third-order valence-corrected chi connectivity index (χ3v) is 3.01. The van der Waals surface area contributed by atoms with Crippen molar-refractivity contribution in [2.24, 2.45) is 0 Å². The van der Waals surface area contributed by atoms with Gasteiger partial charge in [0.05, 0.1) is 12.7 Å². The van der Waals surface area contributed by atoms with Crippen molar-refractivity contribution in [2.45, 2.75) is 24.9 Å². The highest BCUT2D eigenvalue weighted by molar-refractivity contribution is 7.72. The summed E-state index contributed by atoms with van der Waals surface area (Å²) in [5, 5.41) is 8.91. The van der Waals surface area contributed by atoms with Crippen LogP contribution in [-0.4, -0.2) is 33.5 Å². The number of hydrogen-bond acceptors (Lipinski definition) is 4. The van der Waals surface area contributed by atoms with E-state index in [1.165, 1.54) is 4.57 Å². The van der Waals surface area contributed by atoms with Crippen LogP contribution in [0.4, 0.5) is 4.39 Å². The highest BCUT2D eigenvalue weighted by atomic mass is 32.1. The van der Waals surface area contributed by atoms with Crippen LogP contribution in [0.2, 0.25) is 0 Å². The largest absolute Gasteiger partial charge is 0.394 e. The number of aliphatic hydroxyl groups excluding tert-OH is 1. The Hall–Kier alpha value is -0.630. The third-order valence-electron chi connectivity index (χ3n) is 2.46. The van der Waals surface area contributed by atoms with E-state index in [1.54, 1.807) is 12.3 Å². The van der Waals surface area contributed by atoms with E-state index < -0.39 is 18.5 Å². The average molecular weight is 262 g/mol. The van der Waals surface area contributed by atoms with Crippen molar-refractivity contribution in [3.8, 4) is 0 Å².